The van der Waals surface area contributed by atoms with Crippen LogP contribution in [0.15, 0.2) is 22.8 Å². The number of furan rings is 1. The smallest absolute Gasteiger partial charge is 0.274 e. The van der Waals surface area contributed by atoms with Gasteiger partial charge in [-0.2, -0.15) is 5.10 Å². The highest BCUT2D eigenvalue weighted by atomic mass is 16.3. The minimum atomic E-state index is 0.125. The number of fused-ring (bicyclic) bond motifs is 1. The van der Waals surface area contributed by atoms with E-state index in [0.29, 0.717) is 11.7 Å². The number of carbonyl (C=O) groups excluding carboxylic acids is 1. The topological polar surface area (TPSA) is 63.3 Å². The summed E-state index contributed by atoms with van der Waals surface area (Å²) < 4.78 is 7.50. The van der Waals surface area contributed by atoms with Crippen molar-refractivity contribution < 1.29 is 9.21 Å². The third-order valence-corrected chi connectivity index (χ3v) is 5.52. The summed E-state index contributed by atoms with van der Waals surface area (Å²) in [5, 5.41) is 8.34. The van der Waals surface area contributed by atoms with Gasteiger partial charge in [0.1, 0.15) is 5.76 Å². The van der Waals surface area contributed by atoms with E-state index in [2.05, 4.69) is 16.9 Å². The second-order valence-corrected chi connectivity index (χ2v) is 7.40. The van der Waals surface area contributed by atoms with Gasteiger partial charge >= 0.3 is 0 Å². The Balaban J connectivity index is 1.53. The summed E-state index contributed by atoms with van der Waals surface area (Å²) in [6, 6.07) is 4.26. The number of amides is 1. The summed E-state index contributed by atoms with van der Waals surface area (Å²) in [7, 11) is 0. The Morgan fingerprint density at radius 1 is 1.38 bits per heavy atom. The zero-order chi connectivity index (χ0) is 17.9. The van der Waals surface area contributed by atoms with Crippen molar-refractivity contribution in [3.05, 3.63) is 41.1 Å². The van der Waals surface area contributed by atoms with E-state index in [1.807, 2.05) is 17.0 Å². The van der Waals surface area contributed by atoms with Crippen molar-refractivity contribution in [1.29, 1.82) is 0 Å². The summed E-state index contributed by atoms with van der Waals surface area (Å²) in [5.74, 6) is 1.08. The lowest BCUT2D eigenvalue weighted by Gasteiger charge is -2.24. The molecule has 2 aromatic heterocycles. The number of hydrogen-bond acceptors (Lipinski definition) is 4. The van der Waals surface area contributed by atoms with Gasteiger partial charge in [0.05, 0.1) is 12.8 Å². The van der Waals surface area contributed by atoms with Gasteiger partial charge in [0.15, 0.2) is 5.69 Å². The van der Waals surface area contributed by atoms with Gasteiger partial charge in [0.2, 0.25) is 0 Å². The standard InChI is InChI=1S/C20H28N4O2/c1-2-9-24-18-8-7-15(21-14-16-6-5-12-26-16)13-17(18)19(22-24)20(25)23-10-3-4-11-23/h5-6,12,15,21H,2-4,7-11,13-14H2,1H3/t15-/m1/s1. The molecule has 1 aliphatic carbocycles. The minimum Gasteiger partial charge on any atom is -0.468 e. The number of hydrogen-bond donors (Lipinski definition) is 1. The number of rotatable bonds is 6. The van der Waals surface area contributed by atoms with E-state index in [4.69, 9.17) is 9.52 Å². The van der Waals surface area contributed by atoms with Gasteiger partial charge in [0.25, 0.3) is 5.91 Å². The number of likely N-dealkylation sites (tertiary alicyclic amines) is 1. The fourth-order valence-corrected chi connectivity index (χ4v) is 4.16. The van der Waals surface area contributed by atoms with Crippen LogP contribution in [0.25, 0.3) is 0 Å². The van der Waals surface area contributed by atoms with Crippen LogP contribution in [0, 0.1) is 0 Å². The zero-order valence-corrected chi connectivity index (χ0v) is 15.5. The molecule has 1 aliphatic heterocycles. The lowest BCUT2D eigenvalue weighted by atomic mass is 9.91. The van der Waals surface area contributed by atoms with Crippen LogP contribution in [-0.2, 0) is 25.9 Å². The summed E-state index contributed by atoms with van der Waals surface area (Å²) in [4.78, 5) is 15.0. The lowest BCUT2D eigenvalue weighted by molar-refractivity contribution is 0.0784. The van der Waals surface area contributed by atoms with Crippen LogP contribution >= 0.6 is 0 Å². The fourth-order valence-electron chi connectivity index (χ4n) is 4.16. The second kappa shape index (κ2) is 7.66. The van der Waals surface area contributed by atoms with Crippen LogP contribution < -0.4 is 5.32 Å². The number of aromatic nitrogens is 2. The number of carbonyl (C=O) groups is 1. The molecule has 1 amide bonds. The van der Waals surface area contributed by atoms with E-state index in [1.165, 1.54) is 11.3 Å². The highest BCUT2D eigenvalue weighted by Gasteiger charge is 2.31. The third-order valence-electron chi connectivity index (χ3n) is 5.52. The summed E-state index contributed by atoms with van der Waals surface area (Å²) in [5.41, 5.74) is 3.13. The maximum Gasteiger partial charge on any atom is 0.274 e. The molecule has 0 spiro atoms. The van der Waals surface area contributed by atoms with E-state index < -0.39 is 0 Å². The Morgan fingerprint density at radius 2 is 2.23 bits per heavy atom. The molecule has 3 heterocycles. The number of nitrogens with zero attached hydrogens (tertiary/aromatic N) is 3. The maximum absolute atomic E-state index is 13.0. The van der Waals surface area contributed by atoms with Crippen LogP contribution in [-0.4, -0.2) is 39.7 Å². The highest BCUT2D eigenvalue weighted by Crippen LogP contribution is 2.27. The molecule has 4 rings (SSSR count). The SMILES string of the molecule is CCCn1nc(C(=O)N2CCCC2)c2c1CC[C@@H](NCc1ccco1)C2. The molecule has 6 nitrogen and oxygen atoms in total. The van der Waals surface area contributed by atoms with Crippen molar-refractivity contribution >= 4 is 5.91 Å². The van der Waals surface area contributed by atoms with Crippen molar-refractivity contribution in [2.24, 2.45) is 0 Å². The monoisotopic (exact) mass is 356 g/mol. The molecule has 2 aliphatic rings. The summed E-state index contributed by atoms with van der Waals surface area (Å²) in [6.07, 6.45) is 7.87. The van der Waals surface area contributed by atoms with Crippen LogP contribution in [0.5, 0.6) is 0 Å². The number of nitrogens with one attached hydrogen (secondary N) is 1. The Labute approximate surface area is 154 Å². The van der Waals surface area contributed by atoms with Crippen molar-refractivity contribution in [3.63, 3.8) is 0 Å². The van der Waals surface area contributed by atoms with Crippen LogP contribution in [0.3, 0.4) is 0 Å². The van der Waals surface area contributed by atoms with Gasteiger partial charge in [-0.3, -0.25) is 9.48 Å². The minimum absolute atomic E-state index is 0.125. The van der Waals surface area contributed by atoms with E-state index >= 15 is 0 Å². The lowest BCUT2D eigenvalue weighted by Crippen LogP contribution is -2.35. The molecule has 1 atom stereocenters. The quantitative estimate of drug-likeness (QED) is 0.864. The molecule has 0 saturated carbocycles. The average Bonchev–Trinajstić information content (AvgIpc) is 3.41. The summed E-state index contributed by atoms with van der Waals surface area (Å²) in [6.45, 7) is 5.51. The van der Waals surface area contributed by atoms with Gasteiger partial charge in [0, 0.05) is 36.9 Å². The van der Waals surface area contributed by atoms with Gasteiger partial charge < -0.3 is 14.6 Å². The van der Waals surface area contributed by atoms with Crippen molar-refractivity contribution in [2.75, 3.05) is 13.1 Å². The first-order chi connectivity index (χ1) is 12.8. The molecule has 1 saturated heterocycles. The van der Waals surface area contributed by atoms with Gasteiger partial charge in [-0.15, -0.1) is 0 Å². The molecule has 6 heteroatoms. The molecule has 26 heavy (non-hydrogen) atoms. The van der Waals surface area contributed by atoms with Crippen LogP contribution in [0.4, 0.5) is 0 Å². The van der Waals surface area contributed by atoms with Crippen molar-refractivity contribution in [3.8, 4) is 0 Å². The Bertz CT molecular complexity index is 744. The first kappa shape index (κ1) is 17.3. The first-order valence-electron chi connectivity index (χ1n) is 9.90. The van der Waals surface area contributed by atoms with Crippen LogP contribution in [0.2, 0.25) is 0 Å². The third kappa shape index (κ3) is 3.43. The molecule has 2 aromatic rings. The fraction of sp³-hybridized carbons (Fsp3) is 0.600. The normalized spacial score (nSPS) is 19.7. The predicted molar refractivity (Wildman–Crippen MR) is 99.0 cm³/mol. The molecule has 0 unspecified atom stereocenters. The largest absolute Gasteiger partial charge is 0.468 e. The zero-order valence-electron chi connectivity index (χ0n) is 15.5. The average molecular weight is 356 g/mol. The van der Waals surface area contributed by atoms with E-state index in [0.717, 1.165) is 70.5 Å². The van der Waals surface area contributed by atoms with E-state index in [1.54, 1.807) is 6.26 Å². The van der Waals surface area contributed by atoms with E-state index in [-0.39, 0.29) is 5.91 Å². The predicted octanol–water partition coefficient (Wildman–Crippen LogP) is 2.77. The molecule has 0 bridgehead atoms. The molecule has 0 aromatic carbocycles. The second-order valence-electron chi connectivity index (χ2n) is 7.40. The maximum atomic E-state index is 13.0. The summed E-state index contributed by atoms with van der Waals surface area (Å²) >= 11 is 0. The molecular formula is C20H28N4O2. The first-order valence-corrected chi connectivity index (χ1v) is 9.90. The van der Waals surface area contributed by atoms with Crippen molar-refractivity contribution in [2.45, 2.75) is 64.6 Å². The van der Waals surface area contributed by atoms with Crippen LogP contribution in [0.1, 0.15) is 60.1 Å². The number of aryl methyl sites for hydroxylation is 1. The molecular weight excluding hydrogens is 328 g/mol. The molecule has 1 N–H and O–H groups in total. The molecule has 1 fully saturated rings. The Morgan fingerprint density at radius 3 is 2.96 bits per heavy atom. The van der Waals surface area contributed by atoms with Gasteiger partial charge in [-0.1, -0.05) is 6.92 Å². The molecule has 0 radical (unpaired) electrons. The highest BCUT2D eigenvalue weighted by molar-refractivity contribution is 5.94. The Hall–Kier alpha value is -2.08. The van der Waals surface area contributed by atoms with Gasteiger partial charge in [-0.25, -0.2) is 0 Å². The van der Waals surface area contributed by atoms with Gasteiger partial charge in [-0.05, 0) is 50.7 Å². The van der Waals surface area contributed by atoms with Crippen molar-refractivity contribution in [1.82, 2.24) is 20.0 Å². The van der Waals surface area contributed by atoms with E-state index in [9.17, 15) is 4.79 Å². The Kier molecular flexibility index (Phi) is 5.11. The molecule has 140 valence electrons.